The molecule has 0 amide bonds. The zero-order chi connectivity index (χ0) is 12.8. The maximum absolute atomic E-state index is 5.56. The fraction of sp³-hybridized carbons (Fsp3) is 0.714. The molecule has 0 aromatic carbocycles. The van der Waals surface area contributed by atoms with Gasteiger partial charge >= 0.3 is 0 Å². The monoisotopic (exact) mass is 252 g/mol. The third kappa shape index (κ3) is 3.83. The minimum atomic E-state index is 0.340. The van der Waals surface area contributed by atoms with Crippen LogP contribution in [-0.4, -0.2) is 37.2 Å². The van der Waals surface area contributed by atoms with Gasteiger partial charge in [-0.05, 0) is 26.0 Å². The van der Waals surface area contributed by atoms with Crippen molar-refractivity contribution in [1.82, 2.24) is 10.2 Å². The van der Waals surface area contributed by atoms with Gasteiger partial charge in [0.05, 0.1) is 25.5 Å². The van der Waals surface area contributed by atoms with Gasteiger partial charge in [-0.25, -0.2) is 0 Å². The first kappa shape index (κ1) is 13.6. The molecule has 1 aromatic heterocycles. The molecule has 1 unspecified atom stereocenters. The summed E-state index contributed by atoms with van der Waals surface area (Å²) in [5, 5.41) is 3.39. The summed E-state index contributed by atoms with van der Waals surface area (Å²) in [5.41, 5.74) is 1.30. The number of furan rings is 1. The summed E-state index contributed by atoms with van der Waals surface area (Å²) in [6.45, 7) is 9.99. The van der Waals surface area contributed by atoms with Crippen molar-refractivity contribution in [2.24, 2.45) is 0 Å². The van der Waals surface area contributed by atoms with E-state index in [1.807, 2.05) is 0 Å². The molecule has 1 aromatic rings. The Hall–Kier alpha value is -0.840. The smallest absolute Gasteiger partial charge is 0.122 e. The lowest BCUT2D eigenvalue weighted by Gasteiger charge is -2.30. The van der Waals surface area contributed by atoms with E-state index >= 15 is 0 Å². The van der Waals surface area contributed by atoms with E-state index in [0.29, 0.717) is 6.10 Å². The summed E-state index contributed by atoms with van der Waals surface area (Å²) in [7, 11) is 0. The van der Waals surface area contributed by atoms with Gasteiger partial charge in [-0.2, -0.15) is 0 Å². The quantitative estimate of drug-likeness (QED) is 0.786. The van der Waals surface area contributed by atoms with Crippen molar-refractivity contribution in [3.05, 3.63) is 23.7 Å². The molecule has 102 valence electrons. The van der Waals surface area contributed by atoms with Gasteiger partial charge in [0.15, 0.2) is 0 Å². The Bertz CT molecular complexity index is 351. The van der Waals surface area contributed by atoms with Crippen molar-refractivity contribution in [3.8, 4) is 0 Å². The fourth-order valence-corrected chi connectivity index (χ4v) is 2.32. The summed E-state index contributed by atoms with van der Waals surface area (Å²) in [4.78, 5) is 2.43. The summed E-state index contributed by atoms with van der Waals surface area (Å²) in [6.07, 6.45) is 3.28. The van der Waals surface area contributed by atoms with Crippen molar-refractivity contribution in [1.29, 1.82) is 0 Å². The van der Waals surface area contributed by atoms with Crippen LogP contribution in [0.15, 0.2) is 16.7 Å². The van der Waals surface area contributed by atoms with Crippen molar-refractivity contribution >= 4 is 0 Å². The molecule has 1 aliphatic rings. The molecule has 4 nitrogen and oxygen atoms in total. The topological polar surface area (TPSA) is 37.6 Å². The lowest BCUT2D eigenvalue weighted by Crippen LogP contribution is -2.40. The third-order valence-corrected chi connectivity index (χ3v) is 3.27. The van der Waals surface area contributed by atoms with Gasteiger partial charge in [0.1, 0.15) is 5.76 Å². The third-order valence-electron chi connectivity index (χ3n) is 3.27. The highest BCUT2D eigenvalue weighted by Gasteiger charge is 2.18. The SMILES string of the molecule is CCCNCc1occc1CN1CCOC(C)C1. The van der Waals surface area contributed by atoms with Crippen LogP contribution in [0.25, 0.3) is 0 Å². The standard InChI is InChI=1S/C14H24N2O2/c1-3-5-15-9-14-13(4-7-18-14)11-16-6-8-17-12(2)10-16/h4,7,12,15H,3,5-6,8-11H2,1-2H3. The lowest BCUT2D eigenvalue weighted by molar-refractivity contribution is -0.0213. The van der Waals surface area contributed by atoms with Crippen LogP contribution in [-0.2, 0) is 17.8 Å². The van der Waals surface area contributed by atoms with Gasteiger partial charge in [-0.3, -0.25) is 4.90 Å². The van der Waals surface area contributed by atoms with E-state index in [-0.39, 0.29) is 0 Å². The van der Waals surface area contributed by atoms with Crippen LogP contribution in [0.5, 0.6) is 0 Å². The molecule has 1 fully saturated rings. The van der Waals surface area contributed by atoms with Crippen LogP contribution in [0, 0.1) is 0 Å². The Balaban J connectivity index is 1.86. The number of nitrogens with zero attached hydrogens (tertiary/aromatic N) is 1. The average Bonchev–Trinajstić information content (AvgIpc) is 2.77. The highest BCUT2D eigenvalue weighted by molar-refractivity contribution is 5.17. The number of nitrogens with one attached hydrogen (secondary N) is 1. The first-order valence-corrected chi connectivity index (χ1v) is 6.89. The zero-order valence-corrected chi connectivity index (χ0v) is 11.4. The normalized spacial score (nSPS) is 21.3. The minimum absolute atomic E-state index is 0.340. The van der Waals surface area contributed by atoms with Crippen molar-refractivity contribution < 1.29 is 9.15 Å². The van der Waals surface area contributed by atoms with E-state index in [1.54, 1.807) is 6.26 Å². The highest BCUT2D eigenvalue weighted by atomic mass is 16.5. The second kappa shape index (κ2) is 6.92. The van der Waals surface area contributed by atoms with E-state index in [1.165, 1.54) is 5.56 Å². The zero-order valence-electron chi connectivity index (χ0n) is 11.4. The number of morpholine rings is 1. The molecule has 0 spiro atoms. The van der Waals surface area contributed by atoms with Gasteiger partial charge in [-0.15, -0.1) is 0 Å². The molecule has 1 atom stereocenters. The second-order valence-electron chi connectivity index (χ2n) is 4.96. The van der Waals surface area contributed by atoms with Crippen LogP contribution in [0.1, 0.15) is 31.6 Å². The number of ether oxygens (including phenoxy) is 1. The Morgan fingerprint density at radius 3 is 3.17 bits per heavy atom. The van der Waals surface area contributed by atoms with Crippen molar-refractivity contribution in [2.45, 2.75) is 39.5 Å². The predicted octanol–water partition coefficient (Wildman–Crippen LogP) is 2.00. The van der Waals surface area contributed by atoms with Gasteiger partial charge in [0.2, 0.25) is 0 Å². The maximum atomic E-state index is 5.56. The number of rotatable bonds is 6. The maximum Gasteiger partial charge on any atom is 0.122 e. The first-order chi connectivity index (χ1) is 8.79. The Morgan fingerprint density at radius 2 is 2.39 bits per heavy atom. The lowest BCUT2D eigenvalue weighted by atomic mass is 10.2. The summed E-state index contributed by atoms with van der Waals surface area (Å²) in [6, 6.07) is 2.09. The Morgan fingerprint density at radius 1 is 1.50 bits per heavy atom. The number of hydrogen-bond donors (Lipinski definition) is 1. The van der Waals surface area contributed by atoms with Crippen molar-refractivity contribution in [3.63, 3.8) is 0 Å². The van der Waals surface area contributed by atoms with Crippen LogP contribution in [0.2, 0.25) is 0 Å². The molecule has 0 saturated carbocycles. The van der Waals surface area contributed by atoms with Crippen LogP contribution in [0.3, 0.4) is 0 Å². The molecule has 2 rings (SSSR count). The Kier molecular flexibility index (Phi) is 5.23. The average molecular weight is 252 g/mol. The van der Waals surface area contributed by atoms with Gasteiger partial charge < -0.3 is 14.5 Å². The molecule has 2 heterocycles. The van der Waals surface area contributed by atoms with Crippen LogP contribution >= 0.6 is 0 Å². The molecule has 4 heteroatoms. The molecular formula is C14H24N2O2. The second-order valence-corrected chi connectivity index (χ2v) is 4.96. The fourth-order valence-electron chi connectivity index (χ4n) is 2.32. The molecule has 1 N–H and O–H groups in total. The van der Waals surface area contributed by atoms with E-state index in [4.69, 9.17) is 9.15 Å². The molecule has 0 radical (unpaired) electrons. The predicted molar refractivity (Wildman–Crippen MR) is 71.4 cm³/mol. The first-order valence-electron chi connectivity index (χ1n) is 6.89. The van der Waals surface area contributed by atoms with Gasteiger partial charge in [0.25, 0.3) is 0 Å². The van der Waals surface area contributed by atoms with E-state index in [2.05, 4.69) is 30.1 Å². The molecule has 0 aliphatic carbocycles. The summed E-state index contributed by atoms with van der Waals surface area (Å²) >= 11 is 0. The highest BCUT2D eigenvalue weighted by Crippen LogP contribution is 2.15. The van der Waals surface area contributed by atoms with E-state index < -0.39 is 0 Å². The van der Waals surface area contributed by atoms with Gasteiger partial charge in [0, 0.05) is 25.2 Å². The molecule has 18 heavy (non-hydrogen) atoms. The van der Waals surface area contributed by atoms with Gasteiger partial charge in [-0.1, -0.05) is 6.92 Å². The van der Waals surface area contributed by atoms with E-state index in [9.17, 15) is 0 Å². The minimum Gasteiger partial charge on any atom is -0.468 e. The summed E-state index contributed by atoms with van der Waals surface area (Å²) in [5.74, 6) is 1.07. The molecular weight excluding hydrogens is 228 g/mol. The van der Waals surface area contributed by atoms with E-state index in [0.717, 1.165) is 51.5 Å². The van der Waals surface area contributed by atoms with Crippen LogP contribution < -0.4 is 5.32 Å². The Labute approximate surface area is 109 Å². The molecule has 0 bridgehead atoms. The van der Waals surface area contributed by atoms with Crippen molar-refractivity contribution in [2.75, 3.05) is 26.2 Å². The summed E-state index contributed by atoms with van der Waals surface area (Å²) < 4.78 is 11.1. The largest absolute Gasteiger partial charge is 0.468 e. The van der Waals surface area contributed by atoms with Crippen LogP contribution in [0.4, 0.5) is 0 Å². The molecule has 1 saturated heterocycles. The molecule has 1 aliphatic heterocycles. The number of hydrogen-bond acceptors (Lipinski definition) is 4.